The number of nitrogens with one attached hydrogen (secondary N) is 1. The third-order valence-corrected chi connectivity index (χ3v) is 4.23. The molecule has 1 aromatic rings. The van der Waals surface area contributed by atoms with Crippen LogP contribution in [0, 0.1) is 5.92 Å². The molecule has 2 heterocycles. The number of aromatic nitrogens is 1. The molecule has 1 saturated heterocycles. The summed E-state index contributed by atoms with van der Waals surface area (Å²) in [5, 5.41) is 3.51. The number of likely N-dealkylation sites (tertiary alicyclic amines) is 1. The Bertz CT molecular complexity index is 520. The highest BCUT2D eigenvalue weighted by Crippen LogP contribution is 2.24. The van der Waals surface area contributed by atoms with E-state index >= 15 is 0 Å². The van der Waals surface area contributed by atoms with Gasteiger partial charge in [-0.15, -0.1) is 0 Å². The lowest BCUT2D eigenvalue weighted by molar-refractivity contribution is 0.0776. The Kier molecular flexibility index (Phi) is 5.06. The Hall–Kier alpha value is -1.33. The number of carbonyl (C=O) groups excluding carboxylic acids is 1. The zero-order valence-corrected chi connectivity index (χ0v) is 13.8. The van der Waals surface area contributed by atoms with Crippen LogP contribution in [-0.4, -0.2) is 60.5 Å². The summed E-state index contributed by atoms with van der Waals surface area (Å²) in [6, 6.07) is 3.89. The second kappa shape index (κ2) is 6.62. The van der Waals surface area contributed by atoms with Gasteiger partial charge in [0.05, 0.1) is 5.02 Å². The molecule has 0 aromatic carbocycles. The van der Waals surface area contributed by atoms with E-state index in [1.807, 2.05) is 25.9 Å². The van der Waals surface area contributed by atoms with Crippen LogP contribution in [0.2, 0.25) is 5.02 Å². The molecule has 0 radical (unpaired) electrons. The lowest BCUT2D eigenvalue weighted by Crippen LogP contribution is -2.36. The highest BCUT2D eigenvalue weighted by Gasteiger charge is 2.35. The Morgan fingerprint density at radius 3 is 2.76 bits per heavy atom. The van der Waals surface area contributed by atoms with E-state index in [1.165, 1.54) is 0 Å². The maximum Gasteiger partial charge on any atom is 0.274 e. The molecule has 1 aromatic heterocycles. The third-order valence-electron chi connectivity index (χ3n) is 3.93. The van der Waals surface area contributed by atoms with Crippen LogP contribution in [-0.2, 0) is 0 Å². The predicted octanol–water partition coefficient (Wildman–Crippen LogP) is 2.19. The Morgan fingerprint density at radius 2 is 2.19 bits per heavy atom. The van der Waals surface area contributed by atoms with E-state index in [9.17, 15) is 4.79 Å². The number of carbonyl (C=O) groups is 1. The summed E-state index contributed by atoms with van der Waals surface area (Å²) in [6.07, 6.45) is 0. The van der Waals surface area contributed by atoms with Crippen LogP contribution >= 0.6 is 11.6 Å². The first kappa shape index (κ1) is 16.0. The number of halogens is 1. The minimum atomic E-state index is -0.0871. The van der Waals surface area contributed by atoms with Crippen LogP contribution in [0.1, 0.15) is 24.3 Å². The van der Waals surface area contributed by atoms with Crippen molar-refractivity contribution in [2.75, 3.05) is 39.0 Å². The molecule has 1 aliphatic rings. The molecule has 2 atom stereocenters. The molecule has 0 spiro atoms. The molecule has 2 unspecified atom stereocenters. The Balaban J connectivity index is 2.19. The summed E-state index contributed by atoms with van der Waals surface area (Å²) >= 11 is 6.16. The van der Waals surface area contributed by atoms with Gasteiger partial charge in [-0.3, -0.25) is 4.79 Å². The van der Waals surface area contributed by atoms with Gasteiger partial charge in [-0.05, 0) is 39.1 Å². The van der Waals surface area contributed by atoms with Gasteiger partial charge in [0.2, 0.25) is 0 Å². The van der Waals surface area contributed by atoms with E-state index in [4.69, 9.17) is 11.6 Å². The van der Waals surface area contributed by atoms with Crippen LogP contribution in [0.25, 0.3) is 0 Å². The van der Waals surface area contributed by atoms with Crippen LogP contribution < -0.4 is 5.32 Å². The topological polar surface area (TPSA) is 48.5 Å². The van der Waals surface area contributed by atoms with E-state index < -0.39 is 0 Å². The molecule has 1 N–H and O–H groups in total. The zero-order chi connectivity index (χ0) is 15.6. The summed E-state index contributed by atoms with van der Waals surface area (Å²) in [6.45, 7) is 6.37. The predicted molar refractivity (Wildman–Crippen MR) is 86.0 cm³/mol. The maximum atomic E-state index is 12.7. The molecule has 1 fully saturated rings. The van der Waals surface area contributed by atoms with Crippen LogP contribution in [0.5, 0.6) is 0 Å². The largest absolute Gasteiger partial charge is 0.370 e. The number of rotatable bonds is 4. The first-order chi connectivity index (χ1) is 9.93. The van der Waals surface area contributed by atoms with Gasteiger partial charge < -0.3 is 15.1 Å². The van der Waals surface area contributed by atoms with Gasteiger partial charge in [0, 0.05) is 25.7 Å². The number of likely N-dealkylation sites (N-methyl/N-ethyl adjacent to an activating group) is 1. The van der Waals surface area contributed by atoms with Crippen molar-refractivity contribution < 1.29 is 4.79 Å². The number of hydrogen-bond donors (Lipinski definition) is 1. The first-order valence-corrected chi connectivity index (χ1v) is 7.68. The first-order valence-electron chi connectivity index (χ1n) is 7.30. The fraction of sp³-hybridized carbons (Fsp3) is 0.600. The monoisotopic (exact) mass is 310 g/mol. The van der Waals surface area contributed by atoms with Crippen molar-refractivity contribution in [1.82, 2.24) is 14.8 Å². The summed E-state index contributed by atoms with van der Waals surface area (Å²) in [7, 11) is 4.10. The normalized spacial score (nSPS) is 21.9. The van der Waals surface area contributed by atoms with Crippen LogP contribution in [0.4, 0.5) is 5.82 Å². The molecule has 0 aliphatic carbocycles. The molecule has 5 nitrogen and oxygen atoms in total. The van der Waals surface area contributed by atoms with Crippen molar-refractivity contribution in [1.29, 1.82) is 0 Å². The van der Waals surface area contributed by atoms with E-state index in [-0.39, 0.29) is 5.91 Å². The zero-order valence-electron chi connectivity index (χ0n) is 13.1. The van der Waals surface area contributed by atoms with Gasteiger partial charge in [-0.1, -0.05) is 18.5 Å². The molecular formula is C15H23ClN4O. The SMILES string of the molecule is CCNc1ccc(Cl)c(C(=O)N2CC(C)C(N(C)C)C2)n1. The van der Waals surface area contributed by atoms with E-state index in [1.54, 1.807) is 12.1 Å². The summed E-state index contributed by atoms with van der Waals surface area (Å²) in [4.78, 5) is 21.0. The minimum absolute atomic E-state index is 0.0871. The summed E-state index contributed by atoms with van der Waals surface area (Å²) in [5.74, 6) is 1.04. The Labute approximate surface area is 131 Å². The summed E-state index contributed by atoms with van der Waals surface area (Å²) in [5.41, 5.74) is 0.335. The standard InChI is InChI=1S/C15H23ClN4O/c1-5-17-13-7-6-11(16)14(18-13)15(21)20-8-10(2)12(9-20)19(3)4/h6-7,10,12H,5,8-9H2,1-4H3,(H,17,18). The number of hydrogen-bond acceptors (Lipinski definition) is 4. The Morgan fingerprint density at radius 1 is 1.48 bits per heavy atom. The second-order valence-corrected chi connectivity index (χ2v) is 6.18. The number of pyridine rings is 1. The van der Waals surface area contributed by atoms with Crippen molar-refractivity contribution >= 4 is 23.3 Å². The van der Waals surface area contributed by atoms with Crippen molar-refractivity contribution in [3.05, 3.63) is 22.8 Å². The van der Waals surface area contributed by atoms with Gasteiger partial charge in [0.15, 0.2) is 0 Å². The van der Waals surface area contributed by atoms with Gasteiger partial charge in [0.25, 0.3) is 5.91 Å². The van der Waals surface area contributed by atoms with Crippen molar-refractivity contribution in [2.45, 2.75) is 19.9 Å². The van der Waals surface area contributed by atoms with Gasteiger partial charge in [-0.2, -0.15) is 0 Å². The number of nitrogens with zero attached hydrogens (tertiary/aromatic N) is 3. The molecule has 1 aliphatic heterocycles. The third kappa shape index (κ3) is 3.47. The average Bonchev–Trinajstić information content (AvgIpc) is 2.83. The van der Waals surface area contributed by atoms with E-state index in [0.29, 0.717) is 28.5 Å². The molecule has 6 heteroatoms. The van der Waals surface area contributed by atoms with Crippen molar-refractivity contribution in [2.24, 2.45) is 5.92 Å². The van der Waals surface area contributed by atoms with E-state index in [0.717, 1.165) is 19.6 Å². The van der Waals surface area contributed by atoms with Gasteiger partial charge in [-0.25, -0.2) is 4.98 Å². The molecular weight excluding hydrogens is 288 g/mol. The number of anilines is 1. The highest BCUT2D eigenvalue weighted by molar-refractivity contribution is 6.33. The smallest absolute Gasteiger partial charge is 0.274 e. The van der Waals surface area contributed by atoms with E-state index in [2.05, 4.69) is 22.1 Å². The highest BCUT2D eigenvalue weighted by atomic mass is 35.5. The summed E-state index contributed by atoms with van der Waals surface area (Å²) < 4.78 is 0. The van der Waals surface area contributed by atoms with Crippen molar-refractivity contribution in [3.8, 4) is 0 Å². The molecule has 1 amide bonds. The number of amides is 1. The molecule has 21 heavy (non-hydrogen) atoms. The lowest BCUT2D eigenvalue weighted by atomic mass is 10.1. The average molecular weight is 311 g/mol. The minimum Gasteiger partial charge on any atom is -0.370 e. The van der Waals surface area contributed by atoms with Crippen LogP contribution in [0.3, 0.4) is 0 Å². The molecule has 2 rings (SSSR count). The van der Waals surface area contributed by atoms with Crippen molar-refractivity contribution in [3.63, 3.8) is 0 Å². The second-order valence-electron chi connectivity index (χ2n) is 5.78. The van der Waals surface area contributed by atoms with Gasteiger partial charge >= 0.3 is 0 Å². The fourth-order valence-corrected chi connectivity index (χ4v) is 3.00. The molecule has 0 saturated carbocycles. The van der Waals surface area contributed by atoms with Gasteiger partial charge in [0.1, 0.15) is 11.5 Å². The quantitative estimate of drug-likeness (QED) is 0.926. The lowest BCUT2D eigenvalue weighted by Gasteiger charge is -2.22. The van der Waals surface area contributed by atoms with Crippen LogP contribution in [0.15, 0.2) is 12.1 Å². The fourth-order valence-electron chi connectivity index (χ4n) is 2.81. The maximum absolute atomic E-state index is 12.7. The molecule has 0 bridgehead atoms. The molecule has 116 valence electrons.